The molecule has 8 nitrogen and oxygen atoms in total. The number of carbonyl (C=O) groups excluding carboxylic acids is 1. The Morgan fingerprint density at radius 2 is 1.83 bits per heavy atom. The predicted molar refractivity (Wildman–Crippen MR) is 91.3 cm³/mol. The van der Waals surface area contributed by atoms with Crippen LogP contribution in [-0.2, 0) is 10.0 Å². The smallest absolute Gasteiger partial charge is 0.320 e. The van der Waals surface area contributed by atoms with E-state index < -0.39 is 10.0 Å². The number of rotatable bonds is 4. The molecule has 0 bridgehead atoms. The molecule has 2 heterocycles. The van der Waals surface area contributed by atoms with E-state index in [0.29, 0.717) is 57.1 Å². The van der Waals surface area contributed by atoms with Crippen LogP contribution in [0.4, 0.5) is 4.79 Å². The number of aromatic amines is 1. The zero-order valence-corrected chi connectivity index (χ0v) is 15.7. The van der Waals surface area contributed by atoms with E-state index in [1.165, 1.54) is 4.31 Å². The first-order chi connectivity index (χ1) is 11.3. The van der Waals surface area contributed by atoms with E-state index in [0.717, 1.165) is 0 Å². The number of hydrogen-bond acceptors (Lipinski definition) is 4. The lowest BCUT2D eigenvalue weighted by Gasteiger charge is -2.28. The van der Waals surface area contributed by atoms with E-state index >= 15 is 0 Å². The number of amides is 2. The lowest BCUT2D eigenvalue weighted by molar-refractivity contribution is 0.159. The first kappa shape index (κ1) is 18.7. The number of nitrogens with one attached hydrogen (secondary N) is 1. The van der Waals surface area contributed by atoms with Gasteiger partial charge in [0, 0.05) is 39.3 Å². The van der Waals surface area contributed by atoms with Crippen LogP contribution in [0.25, 0.3) is 0 Å². The van der Waals surface area contributed by atoms with E-state index in [1.54, 1.807) is 23.6 Å². The van der Waals surface area contributed by atoms with Crippen molar-refractivity contribution in [2.24, 2.45) is 0 Å². The predicted octanol–water partition coefficient (Wildman–Crippen LogP) is 1.18. The SMILES string of the molecule is CCN(CC)C(=O)N1CCCN(S(=O)(=O)c2c(C)n[nH]c2C)CC1. The zero-order valence-electron chi connectivity index (χ0n) is 14.9. The van der Waals surface area contributed by atoms with Gasteiger partial charge in [0.25, 0.3) is 0 Å². The zero-order chi connectivity index (χ0) is 17.9. The quantitative estimate of drug-likeness (QED) is 0.876. The molecule has 1 aliphatic rings. The van der Waals surface area contributed by atoms with Gasteiger partial charge in [-0.3, -0.25) is 5.10 Å². The molecule has 0 radical (unpaired) electrons. The van der Waals surface area contributed by atoms with Crippen LogP contribution >= 0.6 is 0 Å². The highest BCUT2D eigenvalue weighted by atomic mass is 32.2. The van der Waals surface area contributed by atoms with E-state index in [4.69, 9.17) is 0 Å². The second-order valence-corrected chi connectivity index (χ2v) is 7.84. The Labute approximate surface area is 143 Å². The summed E-state index contributed by atoms with van der Waals surface area (Å²) in [4.78, 5) is 16.2. The van der Waals surface area contributed by atoms with Crippen LogP contribution in [0, 0.1) is 13.8 Å². The van der Waals surface area contributed by atoms with Crippen molar-refractivity contribution < 1.29 is 13.2 Å². The number of hydrogen-bond donors (Lipinski definition) is 1. The molecule has 0 spiro atoms. The highest BCUT2D eigenvalue weighted by Crippen LogP contribution is 2.23. The molecule has 0 aliphatic carbocycles. The van der Waals surface area contributed by atoms with Crippen LogP contribution in [0.3, 0.4) is 0 Å². The topological polar surface area (TPSA) is 89.6 Å². The third kappa shape index (κ3) is 3.56. The fourth-order valence-corrected chi connectivity index (χ4v) is 4.87. The molecule has 1 aromatic heterocycles. The van der Waals surface area contributed by atoms with Crippen molar-refractivity contribution in [3.8, 4) is 0 Å². The first-order valence-corrected chi connectivity index (χ1v) is 9.82. The molecule has 9 heteroatoms. The van der Waals surface area contributed by atoms with Crippen LogP contribution in [0.2, 0.25) is 0 Å². The summed E-state index contributed by atoms with van der Waals surface area (Å²) >= 11 is 0. The fourth-order valence-electron chi connectivity index (χ4n) is 3.07. The number of aromatic nitrogens is 2. The molecule has 0 unspecified atom stereocenters. The molecule has 1 saturated heterocycles. The molecular formula is C15H27N5O3S. The lowest BCUT2D eigenvalue weighted by Crippen LogP contribution is -2.45. The third-order valence-electron chi connectivity index (χ3n) is 4.42. The van der Waals surface area contributed by atoms with E-state index in [9.17, 15) is 13.2 Å². The largest absolute Gasteiger partial charge is 0.325 e. The van der Waals surface area contributed by atoms with Crippen LogP contribution in [0.5, 0.6) is 0 Å². The standard InChI is InChI=1S/C15H27N5O3S/c1-5-18(6-2)15(21)19-8-7-9-20(11-10-19)24(22,23)14-12(3)16-17-13(14)4/h5-11H2,1-4H3,(H,16,17). The molecule has 0 atom stereocenters. The summed E-state index contributed by atoms with van der Waals surface area (Å²) in [6, 6.07) is -0.0186. The number of aryl methyl sites for hydroxylation is 2. The van der Waals surface area contributed by atoms with E-state index in [2.05, 4.69) is 10.2 Å². The molecule has 1 N–H and O–H groups in total. The summed E-state index contributed by atoms with van der Waals surface area (Å²) in [5.74, 6) is 0. The van der Waals surface area contributed by atoms with Gasteiger partial charge < -0.3 is 9.80 Å². The number of urea groups is 1. The van der Waals surface area contributed by atoms with Crippen LogP contribution in [0.15, 0.2) is 4.90 Å². The molecule has 136 valence electrons. The summed E-state index contributed by atoms with van der Waals surface area (Å²) < 4.78 is 27.3. The van der Waals surface area contributed by atoms with Crippen molar-refractivity contribution in [2.45, 2.75) is 39.0 Å². The first-order valence-electron chi connectivity index (χ1n) is 8.38. The minimum Gasteiger partial charge on any atom is -0.325 e. The van der Waals surface area contributed by atoms with Crippen molar-refractivity contribution in [2.75, 3.05) is 39.3 Å². The Morgan fingerprint density at radius 1 is 1.17 bits per heavy atom. The third-order valence-corrected chi connectivity index (χ3v) is 6.58. The van der Waals surface area contributed by atoms with Gasteiger partial charge in [-0.05, 0) is 34.1 Å². The highest BCUT2D eigenvalue weighted by Gasteiger charge is 2.32. The van der Waals surface area contributed by atoms with Crippen LogP contribution in [0.1, 0.15) is 31.7 Å². The van der Waals surface area contributed by atoms with Gasteiger partial charge in [-0.25, -0.2) is 13.2 Å². The average molecular weight is 357 g/mol. The van der Waals surface area contributed by atoms with Gasteiger partial charge in [0.05, 0.1) is 11.4 Å². The highest BCUT2D eigenvalue weighted by molar-refractivity contribution is 7.89. The molecular weight excluding hydrogens is 330 g/mol. The minimum atomic E-state index is -3.60. The molecule has 24 heavy (non-hydrogen) atoms. The number of carbonyl (C=O) groups is 1. The van der Waals surface area contributed by atoms with E-state index in [1.807, 2.05) is 13.8 Å². The Kier molecular flexibility index (Phi) is 5.87. The normalized spacial score (nSPS) is 16.9. The van der Waals surface area contributed by atoms with Gasteiger partial charge in [-0.1, -0.05) is 0 Å². The second-order valence-electron chi connectivity index (χ2n) is 5.96. The summed E-state index contributed by atoms with van der Waals surface area (Å²) in [6.45, 7) is 10.3. The Balaban J connectivity index is 2.15. The molecule has 2 rings (SSSR count). The molecule has 1 fully saturated rings. The van der Waals surface area contributed by atoms with Gasteiger partial charge in [-0.15, -0.1) is 0 Å². The summed E-state index contributed by atoms with van der Waals surface area (Å²) in [5, 5.41) is 6.72. The van der Waals surface area contributed by atoms with Crippen LogP contribution in [-0.4, -0.2) is 78.0 Å². The van der Waals surface area contributed by atoms with Crippen molar-refractivity contribution >= 4 is 16.1 Å². The monoisotopic (exact) mass is 357 g/mol. The van der Waals surface area contributed by atoms with Crippen molar-refractivity contribution in [3.05, 3.63) is 11.4 Å². The molecule has 2 amide bonds. The van der Waals surface area contributed by atoms with Gasteiger partial charge in [-0.2, -0.15) is 9.40 Å². The maximum absolute atomic E-state index is 12.9. The summed E-state index contributed by atoms with van der Waals surface area (Å²) in [7, 11) is -3.60. The van der Waals surface area contributed by atoms with Crippen molar-refractivity contribution in [1.29, 1.82) is 0 Å². The molecule has 1 aromatic rings. The van der Waals surface area contributed by atoms with Crippen molar-refractivity contribution in [3.63, 3.8) is 0 Å². The molecule has 0 saturated carbocycles. The Morgan fingerprint density at radius 3 is 2.38 bits per heavy atom. The summed E-state index contributed by atoms with van der Waals surface area (Å²) in [6.07, 6.45) is 0.627. The number of nitrogens with zero attached hydrogens (tertiary/aromatic N) is 4. The number of H-pyrrole nitrogens is 1. The minimum absolute atomic E-state index is 0.0186. The van der Waals surface area contributed by atoms with Crippen LogP contribution < -0.4 is 0 Å². The van der Waals surface area contributed by atoms with Gasteiger partial charge in [0.2, 0.25) is 10.0 Å². The fraction of sp³-hybridized carbons (Fsp3) is 0.733. The van der Waals surface area contributed by atoms with Crippen molar-refractivity contribution in [1.82, 2.24) is 24.3 Å². The van der Waals surface area contributed by atoms with E-state index in [-0.39, 0.29) is 10.9 Å². The maximum Gasteiger partial charge on any atom is 0.320 e. The number of sulfonamides is 1. The molecule has 1 aliphatic heterocycles. The van der Waals surface area contributed by atoms with Gasteiger partial charge in [0.1, 0.15) is 4.90 Å². The maximum atomic E-state index is 12.9. The molecule has 0 aromatic carbocycles. The lowest BCUT2D eigenvalue weighted by atomic mass is 10.4. The summed E-state index contributed by atoms with van der Waals surface area (Å²) in [5.41, 5.74) is 1.03. The Hall–Kier alpha value is -1.61. The average Bonchev–Trinajstić information content (AvgIpc) is 2.76. The second kappa shape index (κ2) is 7.52. The Bertz CT molecular complexity index is 662. The van der Waals surface area contributed by atoms with Gasteiger partial charge in [0.15, 0.2) is 0 Å². The van der Waals surface area contributed by atoms with Gasteiger partial charge >= 0.3 is 6.03 Å².